The third-order valence-corrected chi connectivity index (χ3v) is 12.5. The topological polar surface area (TPSA) is 20.9 Å². The lowest BCUT2D eigenvalue weighted by molar-refractivity contribution is -0.732. The highest BCUT2D eigenvalue weighted by molar-refractivity contribution is 7.17. The largest absolute Gasteiger partial charge is 0.454 e. The Labute approximate surface area is 309 Å². The predicted octanol–water partition coefficient (Wildman–Crippen LogP) is 11.7. The normalized spacial score (nSPS) is 17.3. The molecule has 4 aromatic carbocycles. The van der Waals surface area contributed by atoms with Gasteiger partial charge in [-0.25, -0.2) is 0 Å². The summed E-state index contributed by atoms with van der Waals surface area (Å²) in [5.74, 6) is 0.212. The summed E-state index contributed by atoms with van der Waals surface area (Å²) in [6.45, 7) is 12.4. The van der Waals surface area contributed by atoms with Gasteiger partial charge in [0.1, 0.15) is 17.1 Å². The van der Waals surface area contributed by atoms with Gasteiger partial charge in [0.25, 0.3) is 0 Å². The summed E-state index contributed by atoms with van der Waals surface area (Å²) in [7, 11) is 0. The molecule has 0 amide bonds. The van der Waals surface area contributed by atoms with Crippen molar-refractivity contribution < 1.29 is 13.6 Å². The van der Waals surface area contributed by atoms with E-state index in [4.69, 9.17) is 4.42 Å². The third kappa shape index (κ3) is 4.70. The van der Waals surface area contributed by atoms with Gasteiger partial charge < -0.3 is 4.42 Å². The Kier molecular flexibility index (Phi) is 7.01. The van der Waals surface area contributed by atoms with E-state index in [0.717, 1.165) is 24.1 Å². The first-order chi connectivity index (χ1) is 25.3. The van der Waals surface area contributed by atoms with Gasteiger partial charge in [-0.1, -0.05) is 75.4 Å². The number of aromatic nitrogens is 2. The van der Waals surface area contributed by atoms with Crippen molar-refractivity contribution in [3.63, 3.8) is 0 Å². The van der Waals surface area contributed by atoms with Gasteiger partial charge >= 0.3 is 0 Å². The van der Waals surface area contributed by atoms with Gasteiger partial charge in [0, 0.05) is 39.1 Å². The molecule has 3 nitrogen and oxygen atoms in total. The van der Waals surface area contributed by atoms with Crippen LogP contribution < -0.4 is 9.13 Å². The van der Waals surface area contributed by atoms with Gasteiger partial charge in [-0.2, -0.15) is 9.13 Å². The number of rotatable bonds is 1. The van der Waals surface area contributed by atoms with Crippen molar-refractivity contribution in [1.82, 2.24) is 0 Å². The second kappa shape index (κ2) is 11.6. The smallest absolute Gasteiger partial charge is 0.216 e. The van der Waals surface area contributed by atoms with Crippen LogP contribution in [-0.4, -0.2) is 0 Å². The van der Waals surface area contributed by atoms with E-state index in [1.54, 1.807) is 11.3 Å². The quantitative estimate of drug-likeness (QED) is 0.124. The first-order valence-electron chi connectivity index (χ1n) is 18.5. The van der Waals surface area contributed by atoms with Crippen LogP contribution in [0.2, 0.25) is 0 Å². The fourth-order valence-electron chi connectivity index (χ4n) is 9.21. The molecule has 0 radical (unpaired) electrons. The number of hydrogen-bond acceptors (Lipinski definition) is 2. The Hall–Kier alpha value is -5.32. The minimum Gasteiger partial charge on any atom is -0.454 e. The molecule has 6 heterocycles. The summed E-state index contributed by atoms with van der Waals surface area (Å²) in [5, 5.41) is 5.72. The molecule has 4 heteroatoms. The second-order valence-corrected chi connectivity index (χ2v) is 16.8. The molecule has 2 atom stereocenters. The van der Waals surface area contributed by atoms with Crippen LogP contribution in [0.1, 0.15) is 60.5 Å². The number of nitrogens with zero attached hydrogens (tertiary/aromatic N) is 2. The number of furan rings is 1. The van der Waals surface area contributed by atoms with Crippen LogP contribution in [0.25, 0.3) is 65.7 Å². The van der Waals surface area contributed by atoms with Gasteiger partial charge in [-0.05, 0) is 101 Å². The average Bonchev–Trinajstić information content (AvgIpc) is 3.77. The summed E-state index contributed by atoms with van der Waals surface area (Å²) in [4.78, 5) is 0. The first kappa shape index (κ1) is 31.4. The molecule has 2 aliphatic heterocycles. The van der Waals surface area contributed by atoms with Crippen LogP contribution >= 0.6 is 11.3 Å². The van der Waals surface area contributed by atoms with Gasteiger partial charge in [-0.3, -0.25) is 0 Å². The number of benzene rings is 4. The van der Waals surface area contributed by atoms with E-state index in [0.29, 0.717) is 0 Å². The van der Waals surface area contributed by atoms with Gasteiger partial charge in [0.2, 0.25) is 11.4 Å². The fraction of sp³-hybridized carbons (Fsp3) is 0.208. The van der Waals surface area contributed by atoms with Crippen molar-refractivity contribution in [2.75, 3.05) is 0 Å². The lowest BCUT2D eigenvalue weighted by Gasteiger charge is -2.29. The number of aryl methyl sites for hydroxylation is 2. The first-order valence-corrected chi connectivity index (χ1v) is 19.4. The van der Waals surface area contributed by atoms with E-state index < -0.39 is 0 Å². The summed E-state index contributed by atoms with van der Waals surface area (Å²) in [6.07, 6.45) is 10.4. The highest BCUT2D eigenvalue weighted by atomic mass is 32.1. The van der Waals surface area contributed by atoms with Crippen LogP contribution in [0.15, 0.2) is 131 Å². The Morgan fingerprint density at radius 1 is 0.731 bits per heavy atom. The Morgan fingerprint density at radius 3 is 2.37 bits per heavy atom. The summed E-state index contributed by atoms with van der Waals surface area (Å²) >= 11 is 1.77. The van der Waals surface area contributed by atoms with E-state index in [-0.39, 0.29) is 17.4 Å². The number of allylic oxidation sites excluding steroid dienone is 2. The fourth-order valence-corrected chi connectivity index (χ4v) is 9.99. The maximum absolute atomic E-state index is 7.10. The van der Waals surface area contributed by atoms with Crippen LogP contribution in [0.3, 0.4) is 0 Å². The van der Waals surface area contributed by atoms with Gasteiger partial charge in [0.05, 0.1) is 16.7 Å². The minimum atomic E-state index is -0.103. The van der Waals surface area contributed by atoms with Crippen molar-refractivity contribution in [1.29, 1.82) is 0 Å². The average molecular weight is 695 g/mol. The summed E-state index contributed by atoms with van der Waals surface area (Å²) in [6, 6.07) is 36.4. The molecule has 254 valence electrons. The number of hydrogen-bond donors (Lipinski definition) is 0. The standard InChI is InChI=1S/C48H42N2OS/c1-29-12-10-13-30(2)44(29)38-28-49-27-37-32-15-6-7-16-33(32)40-17-8-9-24-50(40)41(37)18-11-14-31-19-20-35-34-21-22-43-36(23-25-52-43)46(34)51-47(35)45(31)42(49)26-39(38)48(3,4)5/h6-13,15-26,28,37,41H,14,27H2,1-5H3/q+2/b18-11+. The van der Waals surface area contributed by atoms with E-state index in [1.165, 1.54) is 82.3 Å². The number of fused-ring (bicyclic) bond motifs is 15. The van der Waals surface area contributed by atoms with E-state index in [9.17, 15) is 0 Å². The summed E-state index contributed by atoms with van der Waals surface area (Å²) in [5.41, 5.74) is 16.2. The second-order valence-electron chi connectivity index (χ2n) is 15.8. The molecule has 8 aromatic rings. The lowest BCUT2D eigenvalue weighted by atomic mass is 9.79. The minimum absolute atomic E-state index is 0.103. The molecule has 0 N–H and O–H groups in total. The van der Waals surface area contributed by atoms with Crippen LogP contribution in [-0.2, 0) is 18.4 Å². The molecule has 4 aromatic heterocycles. The predicted molar refractivity (Wildman–Crippen MR) is 215 cm³/mol. The van der Waals surface area contributed by atoms with Crippen molar-refractivity contribution in [3.8, 4) is 33.6 Å². The maximum Gasteiger partial charge on any atom is 0.216 e. The zero-order valence-corrected chi connectivity index (χ0v) is 31.2. The molecule has 2 unspecified atom stereocenters. The zero-order valence-electron chi connectivity index (χ0n) is 30.4. The number of pyridine rings is 2. The van der Waals surface area contributed by atoms with Gasteiger partial charge in [0.15, 0.2) is 25.0 Å². The molecule has 52 heavy (non-hydrogen) atoms. The monoisotopic (exact) mass is 694 g/mol. The highest BCUT2D eigenvalue weighted by Gasteiger charge is 2.42. The van der Waals surface area contributed by atoms with E-state index in [2.05, 4.69) is 171 Å². The molecule has 0 spiro atoms. The molecule has 0 bridgehead atoms. The van der Waals surface area contributed by atoms with Gasteiger partial charge in [-0.15, -0.1) is 11.3 Å². The molecule has 0 saturated heterocycles. The molecule has 10 rings (SSSR count). The van der Waals surface area contributed by atoms with E-state index in [1.807, 2.05) is 0 Å². The third-order valence-electron chi connectivity index (χ3n) is 11.6. The molecular weight excluding hydrogens is 653 g/mol. The van der Waals surface area contributed by atoms with Crippen molar-refractivity contribution >= 4 is 43.4 Å². The Balaban J connectivity index is 1.33. The molecule has 2 aliphatic rings. The number of thiophene rings is 1. The Bertz CT molecular complexity index is 2750. The van der Waals surface area contributed by atoms with Crippen molar-refractivity contribution in [2.45, 2.75) is 65.0 Å². The Morgan fingerprint density at radius 2 is 1.52 bits per heavy atom. The molecule has 0 saturated carbocycles. The maximum atomic E-state index is 7.10. The van der Waals surface area contributed by atoms with Crippen molar-refractivity contribution in [2.24, 2.45) is 0 Å². The van der Waals surface area contributed by atoms with Crippen molar-refractivity contribution in [3.05, 3.63) is 155 Å². The van der Waals surface area contributed by atoms with E-state index >= 15 is 0 Å². The molecular formula is C48H42N2OS+2. The van der Waals surface area contributed by atoms with Crippen LogP contribution in [0.5, 0.6) is 0 Å². The zero-order chi connectivity index (χ0) is 35.3. The molecule has 0 aliphatic carbocycles. The summed E-state index contributed by atoms with van der Waals surface area (Å²) < 4.78 is 13.4. The highest BCUT2D eigenvalue weighted by Crippen LogP contribution is 2.45. The SMILES string of the molecule is Cc1cccc(C)c1-c1c[n+]2c(cc1C(C)(C)C)-c1c(ccc3c1oc1c4ccsc4ccc31)C/C=C/C1C(C2)c2ccccc2-c2cccc[n+]21. The lowest BCUT2D eigenvalue weighted by Crippen LogP contribution is -2.51. The van der Waals surface area contributed by atoms with Crippen LogP contribution in [0, 0.1) is 13.8 Å². The molecule has 0 fully saturated rings. The van der Waals surface area contributed by atoms with Crippen LogP contribution in [0.4, 0.5) is 0 Å².